The van der Waals surface area contributed by atoms with Gasteiger partial charge in [0.05, 0.1) is 12.5 Å². The molecule has 0 aliphatic heterocycles. The molecule has 1 rings (SSSR count). The maximum atomic E-state index is 12.0. The van der Waals surface area contributed by atoms with Crippen LogP contribution in [0.5, 0.6) is 0 Å². The van der Waals surface area contributed by atoms with Crippen molar-refractivity contribution in [1.82, 2.24) is 4.90 Å². The molecule has 0 aromatic carbocycles. The van der Waals surface area contributed by atoms with E-state index < -0.39 is 12.0 Å². The Labute approximate surface area is 95.6 Å². The Hall–Kier alpha value is -1.10. The lowest BCUT2D eigenvalue weighted by atomic mass is 10.0. The molecular formula is C11H20N2O3. The van der Waals surface area contributed by atoms with E-state index >= 15 is 0 Å². The lowest BCUT2D eigenvalue weighted by molar-refractivity contribution is -0.139. The van der Waals surface area contributed by atoms with E-state index in [4.69, 9.17) is 10.8 Å². The number of carboxylic acid groups (broad SMARTS) is 1. The van der Waals surface area contributed by atoms with Crippen molar-refractivity contribution in [3.63, 3.8) is 0 Å². The lowest BCUT2D eigenvalue weighted by Gasteiger charge is -2.26. The highest BCUT2D eigenvalue weighted by atomic mass is 16.4. The van der Waals surface area contributed by atoms with Crippen LogP contribution in [0.3, 0.4) is 0 Å². The van der Waals surface area contributed by atoms with Gasteiger partial charge in [0.1, 0.15) is 0 Å². The molecule has 1 saturated carbocycles. The van der Waals surface area contributed by atoms with E-state index in [1.54, 1.807) is 4.90 Å². The summed E-state index contributed by atoms with van der Waals surface area (Å²) >= 11 is 0. The summed E-state index contributed by atoms with van der Waals surface area (Å²) in [6.45, 7) is 4.06. The summed E-state index contributed by atoms with van der Waals surface area (Å²) < 4.78 is 0. The van der Waals surface area contributed by atoms with Crippen molar-refractivity contribution in [1.29, 1.82) is 0 Å². The number of hydrogen-bond acceptors (Lipinski definition) is 3. The molecule has 0 radical (unpaired) electrons. The van der Waals surface area contributed by atoms with Gasteiger partial charge in [-0.05, 0) is 18.8 Å². The fourth-order valence-corrected chi connectivity index (χ4v) is 1.55. The number of carboxylic acids is 1. The van der Waals surface area contributed by atoms with Gasteiger partial charge >= 0.3 is 5.97 Å². The smallest absolute Gasteiger partial charge is 0.305 e. The first kappa shape index (κ1) is 13.0. The highest BCUT2D eigenvalue weighted by Gasteiger charge is 2.35. The summed E-state index contributed by atoms with van der Waals surface area (Å²) in [6.07, 6.45) is 1.93. The van der Waals surface area contributed by atoms with Gasteiger partial charge in [-0.2, -0.15) is 0 Å². The van der Waals surface area contributed by atoms with E-state index in [-0.39, 0.29) is 30.8 Å². The average Bonchev–Trinajstić information content (AvgIpc) is 3.00. The first-order chi connectivity index (χ1) is 7.43. The van der Waals surface area contributed by atoms with Crippen LogP contribution in [0.1, 0.15) is 33.1 Å². The highest BCUT2D eigenvalue weighted by molar-refractivity contribution is 5.83. The van der Waals surface area contributed by atoms with Gasteiger partial charge in [0, 0.05) is 12.6 Å². The fraction of sp³-hybridized carbons (Fsp3) is 0.818. The molecule has 0 heterocycles. The van der Waals surface area contributed by atoms with Gasteiger partial charge in [-0.15, -0.1) is 0 Å². The molecule has 0 spiro atoms. The van der Waals surface area contributed by atoms with Crippen molar-refractivity contribution >= 4 is 11.9 Å². The molecule has 0 bridgehead atoms. The number of hydrogen-bond donors (Lipinski definition) is 2. The highest BCUT2D eigenvalue weighted by Crippen LogP contribution is 2.27. The van der Waals surface area contributed by atoms with Gasteiger partial charge in [0.2, 0.25) is 5.91 Å². The van der Waals surface area contributed by atoms with E-state index in [2.05, 4.69) is 0 Å². The standard InChI is InChI=1S/C11H20N2O3/c1-7(2)10(12)11(16)13(8-3-4-8)6-5-9(14)15/h7-8,10H,3-6,12H2,1-2H3,(H,14,15). The Kier molecular flexibility index (Phi) is 4.29. The van der Waals surface area contributed by atoms with Crippen LogP contribution in [-0.2, 0) is 9.59 Å². The number of rotatable bonds is 6. The Bertz CT molecular complexity index is 274. The van der Waals surface area contributed by atoms with E-state index in [0.29, 0.717) is 0 Å². The minimum absolute atomic E-state index is 0.00689. The molecule has 1 atom stereocenters. The Morgan fingerprint density at radius 3 is 2.38 bits per heavy atom. The summed E-state index contributed by atoms with van der Waals surface area (Å²) in [5.41, 5.74) is 5.79. The fourth-order valence-electron chi connectivity index (χ4n) is 1.55. The third kappa shape index (κ3) is 3.48. The normalized spacial score (nSPS) is 17.2. The zero-order chi connectivity index (χ0) is 12.3. The van der Waals surface area contributed by atoms with Crippen LogP contribution in [0.4, 0.5) is 0 Å². The van der Waals surface area contributed by atoms with E-state index in [1.807, 2.05) is 13.8 Å². The predicted molar refractivity (Wildman–Crippen MR) is 59.8 cm³/mol. The van der Waals surface area contributed by atoms with Crippen molar-refractivity contribution in [3.05, 3.63) is 0 Å². The minimum Gasteiger partial charge on any atom is -0.481 e. The summed E-state index contributed by atoms with van der Waals surface area (Å²) in [5, 5.41) is 8.62. The van der Waals surface area contributed by atoms with Crippen LogP contribution in [0.2, 0.25) is 0 Å². The summed E-state index contributed by atoms with van der Waals surface area (Å²) in [6, 6.07) is -0.300. The number of carbonyl (C=O) groups is 2. The van der Waals surface area contributed by atoms with Crippen molar-refractivity contribution in [2.45, 2.75) is 45.2 Å². The first-order valence-electron chi connectivity index (χ1n) is 5.71. The Morgan fingerprint density at radius 1 is 1.44 bits per heavy atom. The molecule has 1 aliphatic carbocycles. The van der Waals surface area contributed by atoms with Gasteiger partial charge in [-0.25, -0.2) is 0 Å². The maximum Gasteiger partial charge on any atom is 0.305 e. The molecular weight excluding hydrogens is 208 g/mol. The molecule has 1 unspecified atom stereocenters. The van der Waals surface area contributed by atoms with Crippen LogP contribution < -0.4 is 5.73 Å². The zero-order valence-electron chi connectivity index (χ0n) is 9.85. The van der Waals surface area contributed by atoms with Gasteiger partial charge in [0.25, 0.3) is 0 Å². The molecule has 92 valence electrons. The van der Waals surface area contributed by atoms with Gasteiger partial charge in [0.15, 0.2) is 0 Å². The average molecular weight is 228 g/mol. The lowest BCUT2D eigenvalue weighted by Crippen LogP contribution is -2.48. The predicted octanol–water partition coefficient (Wildman–Crippen LogP) is 0.435. The summed E-state index contributed by atoms with van der Waals surface area (Å²) in [4.78, 5) is 24.1. The number of nitrogens with zero attached hydrogens (tertiary/aromatic N) is 1. The monoisotopic (exact) mass is 228 g/mol. The topological polar surface area (TPSA) is 83.6 Å². The van der Waals surface area contributed by atoms with Crippen molar-refractivity contribution < 1.29 is 14.7 Å². The molecule has 3 N–H and O–H groups in total. The second kappa shape index (κ2) is 5.30. The number of carbonyl (C=O) groups excluding carboxylic acids is 1. The molecule has 16 heavy (non-hydrogen) atoms. The van der Waals surface area contributed by atoms with Crippen molar-refractivity contribution in [3.8, 4) is 0 Å². The minimum atomic E-state index is -0.878. The van der Waals surface area contributed by atoms with E-state index in [9.17, 15) is 9.59 Å². The van der Waals surface area contributed by atoms with Crippen LogP contribution in [0, 0.1) is 5.92 Å². The first-order valence-corrected chi connectivity index (χ1v) is 5.71. The second-order valence-corrected chi connectivity index (χ2v) is 4.68. The van der Waals surface area contributed by atoms with Crippen LogP contribution in [0.15, 0.2) is 0 Å². The van der Waals surface area contributed by atoms with Crippen molar-refractivity contribution in [2.24, 2.45) is 11.7 Å². The number of nitrogens with two attached hydrogens (primary N) is 1. The van der Waals surface area contributed by atoms with Crippen LogP contribution in [-0.4, -0.2) is 40.5 Å². The van der Waals surface area contributed by atoms with E-state index in [1.165, 1.54) is 0 Å². The Morgan fingerprint density at radius 2 is 2.00 bits per heavy atom. The zero-order valence-corrected chi connectivity index (χ0v) is 9.85. The SMILES string of the molecule is CC(C)C(N)C(=O)N(CCC(=O)O)C1CC1. The van der Waals surface area contributed by atoms with Crippen molar-refractivity contribution in [2.75, 3.05) is 6.54 Å². The van der Waals surface area contributed by atoms with Gasteiger partial charge in [-0.3, -0.25) is 9.59 Å². The summed E-state index contributed by atoms with van der Waals surface area (Å²) in [5.74, 6) is -0.908. The number of amides is 1. The molecule has 5 heteroatoms. The molecule has 0 aromatic rings. The molecule has 1 fully saturated rings. The van der Waals surface area contributed by atoms with Gasteiger partial charge < -0.3 is 15.7 Å². The summed E-state index contributed by atoms with van der Waals surface area (Å²) in [7, 11) is 0. The molecule has 5 nitrogen and oxygen atoms in total. The third-order valence-corrected chi connectivity index (χ3v) is 2.84. The molecule has 0 aromatic heterocycles. The molecule has 0 saturated heterocycles. The van der Waals surface area contributed by atoms with Gasteiger partial charge in [-0.1, -0.05) is 13.8 Å². The quantitative estimate of drug-likeness (QED) is 0.690. The second-order valence-electron chi connectivity index (χ2n) is 4.68. The van der Waals surface area contributed by atoms with E-state index in [0.717, 1.165) is 12.8 Å². The van der Waals surface area contributed by atoms with Crippen LogP contribution in [0.25, 0.3) is 0 Å². The number of aliphatic carboxylic acids is 1. The third-order valence-electron chi connectivity index (χ3n) is 2.84. The maximum absolute atomic E-state index is 12.0. The Balaban J connectivity index is 2.55. The molecule has 1 aliphatic rings. The van der Waals surface area contributed by atoms with Crippen LogP contribution >= 0.6 is 0 Å². The largest absolute Gasteiger partial charge is 0.481 e. The molecule has 1 amide bonds.